The molecule has 3 aromatic rings. The van der Waals surface area contributed by atoms with E-state index in [9.17, 15) is 4.79 Å². The van der Waals surface area contributed by atoms with Gasteiger partial charge >= 0.3 is 5.97 Å². The van der Waals surface area contributed by atoms with Crippen molar-refractivity contribution in [3.63, 3.8) is 0 Å². The van der Waals surface area contributed by atoms with Gasteiger partial charge in [-0.1, -0.05) is 30.3 Å². The van der Waals surface area contributed by atoms with Gasteiger partial charge in [0.25, 0.3) is 0 Å². The largest absolute Gasteiger partial charge is 0.494 e. The number of carbonyl (C=O) groups is 1. The van der Waals surface area contributed by atoms with Crippen LogP contribution < -0.4 is 14.2 Å². The predicted octanol–water partition coefficient (Wildman–Crippen LogP) is 6.17. The molecule has 0 aromatic heterocycles. The highest BCUT2D eigenvalue weighted by atomic mass is 32.2. The fraction of sp³-hybridized carbons (Fsp3) is 0.222. The Bertz CT molecular complexity index is 1020. The number of thioether (sulfide) groups is 1. The Morgan fingerprint density at radius 1 is 0.818 bits per heavy atom. The Morgan fingerprint density at radius 2 is 1.39 bits per heavy atom. The Hall–Kier alpha value is -3.38. The highest BCUT2D eigenvalue weighted by Crippen LogP contribution is 2.30. The van der Waals surface area contributed by atoms with Crippen LogP contribution in [-0.2, 0) is 4.79 Å². The van der Waals surface area contributed by atoms with Gasteiger partial charge in [0.2, 0.25) is 0 Å². The summed E-state index contributed by atoms with van der Waals surface area (Å²) >= 11 is 1.69. The third-order valence-electron chi connectivity index (χ3n) is 4.64. The molecule has 0 atom stereocenters. The van der Waals surface area contributed by atoms with Crippen molar-refractivity contribution in [1.82, 2.24) is 0 Å². The van der Waals surface area contributed by atoms with Crippen LogP contribution in [0.25, 0.3) is 5.57 Å². The molecule has 5 nitrogen and oxygen atoms in total. The lowest BCUT2D eigenvalue weighted by Crippen LogP contribution is -2.09. The van der Waals surface area contributed by atoms with E-state index >= 15 is 0 Å². The zero-order valence-electron chi connectivity index (χ0n) is 18.8. The molecule has 6 heteroatoms. The van der Waals surface area contributed by atoms with Gasteiger partial charge in [-0.05, 0) is 79.1 Å². The maximum Gasteiger partial charge on any atom is 0.341 e. The minimum Gasteiger partial charge on any atom is -0.494 e. The van der Waals surface area contributed by atoms with Gasteiger partial charge in [0, 0.05) is 10.6 Å². The molecule has 1 N–H and O–H groups in total. The van der Waals surface area contributed by atoms with Crippen molar-refractivity contribution < 1.29 is 24.1 Å². The van der Waals surface area contributed by atoms with Gasteiger partial charge < -0.3 is 19.3 Å². The molecule has 0 spiro atoms. The maximum absolute atomic E-state index is 10.6. The normalized spacial score (nSPS) is 10.4. The van der Waals surface area contributed by atoms with Crippen LogP contribution in [0.3, 0.4) is 0 Å². The number of rotatable bonds is 12. The monoisotopic (exact) mass is 464 g/mol. The van der Waals surface area contributed by atoms with E-state index in [0.717, 1.165) is 38.8 Å². The summed E-state index contributed by atoms with van der Waals surface area (Å²) in [6.45, 7) is 4.84. The molecule has 0 bridgehead atoms. The maximum atomic E-state index is 10.6. The SMILES string of the molecule is CCOc1cccc(C(=CCSc2ccc(OCC(=O)O)cc2)c2cccc(OCC)c2)c1. The van der Waals surface area contributed by atoms with Gasteiger partial charge in [-0.3, -0.25) is 0 Å². The summed E-state index contributed by atoms with van der Waals surface area (Å²) in [5, 5.41) is 8.73. The molecule has 0 fully saturated rings. The number of carboxylic acid groups (broad SMARTS) is 1. The summed E-state index contributed by atoms with van der Waals surface area (Å²) in [5.74, 6) is 1.98. The number of benzene rings is 3. The lowest BCUT2D eigenvalue weighted by Gasteiger charge is -2.13. The minimum absolute atomic E-state index is 0.347. The van der Waals surface area contributed by atoms with Crippen LogP contribution in [0.15, 0.2) is 83.8 Å². The van der Waals surface area contributed by atoms with E-state index in [4.69, 9.17) is 19.3 Å². The smallest absolute Gasteiger partial charge is 0.341 e. The van der Waals surface area contributed by atoms with Gasteiger partial charge in [0.05, 0.1) is 13.2 Å². The Labute approximate surface area is 199 Å². The number of hydrogen-bond donors (Lipinski definition) is 1. The van der Waals surface area contributed by atoms with E-state index in [0.29, 0.717) is 19.0 Å². The van der Waals surface area contributed by atoms with Crippen LogP contribution in [0.2, 0.25) is 0 Å². The molecule has 0 unspecified atom stereocenters. The van der Waals surface area contributed by atoms with E-state index in [-0.39, 0.29) is 6.61 Å². The zero-order valence-corrected chi connectivity index (χ0v) is 19.6. The molecule has 33 heavy (non-hydrogen) atoms. The van der Waals surface area contributed by atoms with Gasteiger partial charge in [-0.2, -0.15) is 0 Å². The number of aliphatic carboxylic acids is 1. The lowest BCUT2D eigenvalue weighted by atomic mass is 9.97. The molecule has 0 aliphatic carbocycles. The fourth-order valence-electron chi connectivity index (χ4n) is 3.24. The van der Waals surface area contributed by atoms with Gasteiger partial charge in [0.1, 0.15) is 17.2 Å². The van der Waals surface area contributed by atoms with Crippen LogP contribution >= 0.6 is 11.8 Å². The summed E-state index contributed by atoms with van der Waals surface area (Å²) in [5.41, 5.74) is 3.26. The molecule has 172 valence electrons. The fourth-order valence-corrected chi connectivity index (χ4v) is 4.01. The summed E-state index contributed by atoms with van der Waals surface area (Å²) in [6, 6.07) is 23.6. The van der Waals surface area contributed by atoms with Crippen LogP contribution in [-0.4, -0.2) is 36.6 Å². The summed E-state index contributed by atoms with van der Waals surface area (Å²) in [4.78, 5) is 11.7. The Balaban J connectivity index is 1.81. The minimum atomic E-state index is -0.993. The summed E-state index contributed by atoms with van der Waals surface area (Å²) in [6.07, 6.45) is 2.20. The highest BCUT2D eigenvalue weighted by Gasteiger charge is 2.08. The van der Waals surface area contributed by atoms with Crippen LogP contribution in [0, 0.1) is 0 Å². The molecule has 0 amide bonds. The zero-order chi connectivity index (χ0) is 23.5. The molecule has 3 aromatic carbocycles. The number of carboxylic acids is 1. The van der Waals surface area contributed by atoms with Crippen molar-refractivity contribution in [2.24, 2.45) is 0 Å². The average Bonchev–Trinajstić information content (AvgIpc) is 2.82. The second-order valence-electron chi connectivity index (χ2n) is 7.00. The quantitative estimate of drug-likeness (QED) is 0.323. The molecule has 0 aliphatic heterocycles. The van der Waals surface area contributed by atoms with Gasteiger partial charge in [-0.15, -0.1) is 11.8 Å². The average molecular weight is 465 g/mol. The van der Waals surface area contributed by atoms with E-state index in [1.807, 2.05) is 50.2 Å². The number of ether oxygens (including phenoxy) is 3. The molecule has 0 radical (unpaired) electrons. The second kappa shape index (κ2) is 12.6. The summed E-state index contributed by atoms with van der Waals surface area (Å²) in [7, 11) is 0. The van der Waals surface area contributed by atoms with Crippen LogP contribution in [0.5, 0.6) is 17.2 Å². The predicted molar refractivity (Wildman–Crippen MR) is 133 cm³/mol. The summed E-state index contributed by atoms with van der Waals surface area (Å²) < 4.78 is 16.6. The van der Waals surface area contributed by atoms with Gasteiger partial charge in [-0.25, -0.2) is 4.79 Å². The molecule has 0 heterocycles. The molecule has 0 saturated carbocycles. The Kier molecular flexibility index (Phi) is 9.27. The van der Waals surface area contributed by atoms with Crippen LogP contribution in [0.4, 0.5) is 0 Å². The molecule has 0 saturated heterocycles. The molecular formula is C27H28O5S. The van der Waals surface area contributed by atoms with Crippen molar-refractivity contribution in [3.8, 4) is 17.2 Å². The third-order valence-corrected chi connectivity index (χ3v) is 5.57. The standard InChI is InChI=1S/C27H28O5S/c1-3-30-23-9-5-7-20(17-23)26(21-8-6-10-24(18-21)31-4-2)15-16-33-25-13-11-22(12-14-25)32-19-27(28)29/h5-15,17-18H,3-4,16,19H2,1-2H3,(H,28,29). The number of hydrogen-bond acceptors (Lipinski definition) is 5. The van der Waals surface area contributed by atoms with Crippen molar-refractivity contribution in [1.29, 1.82) is 0 Å². The first-order valence-corrected chi connectivity index (χ1v) is 11.8. The van der Waals surface area contributed by atoms with Crippen molar-refractivity contribution in [3.05, 3.63) is 90.0 Å². The highest BCUT2D eigenvalue weighted by molar-refractivity contribution is 7.99. The molecule has 3 rings (SSSR count). The second-order valence-corrected chi connectivity index (χ2v) is 8.10. The van der Waals surface area contributed by atoms with Crippen molar-refractivity contribution in [2.45, 2.75) is 18.7 Å². The first kappa shape index (κ1) is 24.3. The first-order valence-electron chi connectivity index (χ1n) is 10.8. The molecule has 0 aliphatic rings. The van der Waals surface area contributed by atoms with Crippen molar-refractivity contribution in [2.75, 3.05) is 25.6 Å². The molecular weight excluding hydrogens is 436 g/mol. The van der Waals surface area contributed by atoms with E-state index < -0.39 is 5.97 Å². The topological polar surface area (TPSA) is 65.0 Å². The first-order chi connectivity index (χ1) is 16.1. The third kappa shape index (κ3) is 7.61. The van der Waals surface area contributed by atoms with Crippen molar-refractivity contribution >= 4 is 23.3 Å². The Morgan fingerprint density at radius 3 is 1.91 bits per heavy atom. The lowest BCUT2D eigenvalue weighted by molar-refractivity contribution is -0.139. The van der Waals surface area contributed by atoms with E-state index in [1.54, 1.807) is 23.9 Å². The van der Waals surface area contributed by atoms with Crippen LogP contribution in [0.1, 0.15) is 25.0 Å². The van der Waals surface area contributed by atoms with E-state index in [2.05, 4.69) is 30.3 Å². The van der Waals surface area contributed by atoms with E-state index in [1.165, 1.54) is 0 Å². The van der Waals surface area contributed by atoms with Gasteiger partial charge in [0.15, 0.2) is 6.61 Å².